The molecule has 1 aromatic rings. The normalized spacial score (nSPS) is 12.0. The number of ether oxygens (including phenoxy) is 2. The number of anilines is 1. The zero-order valence-corrected chi connectivity index (χ0v) is 10.7. The summed E-state index contributed by atoms with van der Waals surface area (Å²) in [4.78, 5) is 20.9. The number of rotatable bonds is 6. The van der Waals surface area contributed by atoms with Crippen molar-refractivity contribution in [3.8, 4) is 0 Å². The van der Waals surface area contributed by atoms with Gasteiger partial charge < -0.3 is 19.5 Å². The first-order valence-corrected chi connectivity index (χ1v) is 5.37. The molecule has 100 valence electrons. The minimum atomic E-state index is -0.609. The van der Waals surface area contributed by atoms with Crippen LogP contribution in [0.15, 0.2) is 12.4 Å². The molecule has 1 unspecified atom stereocenters. The Balaban J connectivity index is 2.64. The molecule has 7 nitrogen and oxygen atoms in total. The highest BCUT2D eigenvalue weighted by molar-refractivity contribution is 5.86. The fourth-order valence-corrected chi connectivity index (χ4v) is 1.38. The summed E-state index contributed by atoms with van der Waals surface area (Å²) >= 11 is 0. The van der Waals surface area contributed by atoms with Crippen LogP contribution in [0.2, 0.25) is 0 Å². The van der Waals surface area contributed by atoms with Gasteiger partial charge in [-0.15, -0.1) is 0 Å². The molecule has 0 aliphatic carbocycles. The molecule has 0 amide bonds. The standard InChI is InChI=1S/C11H17N3O4/c1-14(6-8(15)7-17-2)10-5-12-9(4-13-10)11(16)18-3/h4-5,8,15H,6-7H2,1-3H3. The molecule has 7 heteroatoms. The summed E-state index contributed by atoms with van der Waals surface area (Å²) in [5.41, 5.74) is 0.145. The Bertz CT molecular complexity index is 382. The van der Waals surface area contributed by atoms with Gasteiger partial charge in [0, 0.05) is 20.7 Å². The van der Waals surface area contributed by atoms with E-state index in [9.17, 15) is 9.90 Å². The topological polar surface area (TPSA) is 84.8 Å². The summed E-state index contributed by atoms with van der Waals surface area (Å²) in [6, 6.07) is 0. The Morgan fingerprint density at radius 1 is 1.44 bits per heavy atom. The number of nitrogens with zero attached hydrogens (tertiary/aromatic N) is 3. The van der Waals surface area contributed by atoms with Crippen LogP contribution in [-0.4, -0.2) is 61.6 Å². The van der Waals surface area contributed by atoms with Crippen LogP contribution in [0.4, 0.5) is 5.82 Å². The number of methoxy groups -OCH3 is 2. The van der Waals surface area contributed by atoms with Gasteiger partial charge in [-0.05, 0) is 0 Å². The second-order valence-corrected chi connectivity index (χ2v) is 3.74. The molecule has 0 bridgehead atoms. The molecule has 0 aromatic carbocycles. The number of carbonyl (C=O) groups is 1. The van der Waals surface area contributed by atoms with Gasteiger partial charge in [-0.2, -0.15) is 0 Å². The van der Waals surface area contributed by atoms with Crippen LogP contribution in [-0.2, 0) is 9.47 Å². The van der Waals surface area contributed by atoms with E-state index in [-0.39, 0.29) is 12.3 Å². The van der Waals surface area contributed by atoms with Gasteiger partial charge >= 0.3 is 5.97 Å². The highest BCUT2D eigenvalue weighted by Crippen LogP contribution is 2.08. The maximum Gasteiger partial charge on any atom is 0.358 e. The van der Waals surface area contributed by atoms with E-state index in [1.165, 1.54) is 26.6 Å². The zero-order valence-electron chi connectivity index (χ0n) is 10.7. The first kappa shape index (κ1) is 14.3. The maximum atomic E-state index is 11.2. The third kappa shape index (κ3) is 3.94. The Labute approximate surface area is 105 Å². The van der Waals surface area contributed by atoms with Crippen LogP contribution >= 0.6 is 0 Å². The highest BCUT2D eigenvalue weighted by atomic mass is 16.5. The number of esters is 1. The summed E-state index contributed by atoms with van der Waals surface area (Å²) in [5.74, 6) is 0.0222. The molecular formula is C11H17N3O4. The van der Waals surface area contributed by atoms with Gasteiger partial charge in [0.15, 0.2) is 5.69 Å². The van der Waals surface area contributed by atoms with E-state index in [0.717, 1.165) is 0 Å². The number of aromatic nitrogens is 2. The predicted octanol–water partition coefficient (Wildman–Crippen LogP) is -0.293. The molecule has 1 heterocycles. The highest BCUT2D eigenvalue weighted by Gasteiger charge is 2.12. The van der Waals surface area contributed by atoms with E-state index in [2.05, 4.69) is 14.7 Å². The van der Waals surface area contributed by atoms with Crippen molar-refractivity contribution in [2.45, 2.75) is 6.10 Å². The van der Waals surface area contributed by atoms with Crippen molar-refractivity contribution in [2.24, 2.45) is 0 Å². The van der Waals surface area contributed by atoms with E-state index < -0.39 is 12.1 Å². The zero-order chi connectivity index (χ0) is 13.5. The summed E-state index contributed by atoms with van der Waals surface area (Å²) in [6.07, 6.45) is 2.17. The van der Waals surface area contributed by atoms with Gasteiger partial charge in [0.25, 0.3) is 0 Å². The van der Waals surface area contributed by atoms with E-state index >= 15 is 0 Å². The van der Waals surface area contributed by atoms with Crippen molar-refractivity contribution in [2.75, 3.05) is 39.3 Å². The number of likely N-dealkylation sites (N-methyl/N-ethyl adjacent to an activating group) is 1. The molecule has 0 spiro atoms. The average Bonchev–Trinajstić information content (AvgIpc) is 2.38. The smallest absolute Gasteiger partial charge is 0.358 e. The van der Waals surface area contributed by atoms with Crippen LogP contribution in [0, 0.1) is 0 Å². The molecule has 0 saturated heterocycles. The van der Waals surface area contributed by atoms with Crippen molar-refractivity contribution >= 4 is 11.8 Å². The fraction of sp³-hybridized carbons (Fsp3) is 0.545. The molecule has 0 fully saturated rings. The Hall–Kier alpha value is -1.73. The van der Waals surface area contributed by atoms with E-state index in [1.807, 2.05) is 0 Å². The molecule has 18 heavy (non-hydrogen) atoms. The maximum absolute atomic E-state index is 11.2. The molecule has 0 aliphatic heterocycles. The third-order valence-corrected chi connectivity index (χ3v) is 2.27. The fourth-order valence-electron chi connectivity index (χ4n) is 1.38. The van der Waals surface area contributed by atoms with Crippen LogP contribution in [0.25, 0.3) is 0 Å². The summed E-state index contributed by atoms with van der Waals surface area (Å²) in [6.45, 7) is 0.609. The summed E-state index contributed by atoms with van der Waals surface area (Å²) in [5, 5.41) is 9.57. The lowest BCUT2D eigenvalue weighted by molar-refractivity contribution is 0.0593. The quantitative estimate of drug-likeness (QED) is 0.699. The largest absolute Gasteiger partial charge is 0.464 e. The van der Waals surface area contributed by atoms with Gasteiger partial charge in [0.05, 0.1) is 32.2 Å². The SMILES string of the molecule is COCC(O)CN(C)c1cnc(C(=O)OC)cn1. The average molecular weight is 255 g/mol. The van der Waals surface area contributed by atoms with Crippen molar-refractivity contribution in [3.05, 3.63) is 18.1 Å². The van der Waals surface area contributed by atoms with E-state index in [1.54, 1.807) is 11.9 Å². The lowest BCUT2D eigenvalue weighted by Crippen LogP contribution is -2.32. The van der Waals surface area contributed by atoms with Crippen molar-refractivity contribution in [1.82, 2.24) is 9.97 Å². The second kappa shape index (κ2) is 6.87. The lowest BCUT2D eigenvalue weighted by Gasteiger charge is -2.20. The number of aliphatic hydroxyl groups excluding tert-OH is 1. The Morgan fingerprint density at radius 3 is 2.67 bits per heavy atom. The van der Waals surface area contributed by atoms with Gasteiger partial charge in [-0.3, -0.25) is 0 Å². The summed E-state index contributed by atoms with van der Waals surface area (Å²) < 4.78 is 9.35. The molecule has 1 atom stereocenters. The number of aliphatic hydroxyl groups is 1. The first-order valence-electron chi connectivity index (χ1n) is 5.37. The van der Waals surface area contributed by atoms with Crippen LogP contribution in [0.3, 0.4) is 0 Å². The molecule has 0 saturated carbocycles. The predicted molar refractivity (Wildman–Crippen MR) is 64.5 cm³/mol. The Morgan fingerprint density at radius 2 is 2.17 bits per heavy atom. The van der Waals surface area contributed by atoms with Crippen molar-refractivity contribution in [3.63, 3.8) is 0 Å². The molecule has 0 radical (unpaired) electrons. The minimum Gasteiger partial charge on any atom is -0.464 e. The Kier molecular flexibility index (Phi) is 5.47. The van der Waals surface area contributed by atoms with Gasteiger partial charge in [0.1, 0.15) is 5.82 Å². The number of carbonyl (C=O) groups excluding carboxylic acids is 1. The monoisotopic (exact) mass is 255 g/mol. The molecule has 1 rings (SSSR count). The van der Waals surface area contributed by atoms with Crippen LogP contribution in [0.1, 0.15) is 10.5 Å². The number of hydrogen-bond donors (Lipinski definition) is 1. The molecule has 1 N–H and O–H groups in total. The molecular weight excluding hydrogens is 238 g/mol. The van der Waals surface area contributed by atoms with Gasteiger partial charge in [-0.25, -0.2) is 14.8 Å². The number of hydrogen-bond acceptors (Lipinski definition) is 7. The minimum absolute atomic E-state index is 0.145. The first-order chi connectivity index (χ1) is 8.58. The van der Waals surface area contributed by atoms with E-state index in [0.29, 0.717) is 12.4 Å². The lowest BCUT2D eigenvalue weighted by atomic mass is 10.3. The van der Waals surface area contributed by atoms with Crippen LogP contribution in [0.5, 0.6) is 0 Å². The molecule has 1 aromatic heterocycles. The van der Waals surface area contributed by atoms with Crippen molar-refractivity contribution in [1.29, 1.82) is 0 Å². The van der Waals surface area contributed by atoms with Crippen molar-refractivity contribution < 1.29 is 19.4 Å². The summed E-state index contributed by atoms with van der Waals surface area (Å²) in [7, 11) is 4.57. The molecule has 0 aliphatic rings. The third-order valence-electron chi connectivity index (χ3n) is 2.27. The second-order valence-electron chi connectivity index (χ2n) is 3.74. The van der Waals surface area contributed by atoms with Gasteiger partial charge in [-0.1, -0.05) is 0 Å². The van der Waals surface area contributed by atoms with Gasteiger partial charge in [0.2, 0.25) is 0 Å². The van der Waals surface area contributed by atoms with E-state index in [4.69, 9.17) is 4.74 Å². The van der Waals surface area contributed by atoms with Crippen LogP contribution < -0.4 is 4.90 Å².